The van der Waals surface area contributed by atoms with Gasteiger partial charge in [-0.3, -0.25) is 4.79 Å². The van der Waals surface area contributed by atoms with Gasteiger partial charge in [0.1, 0.15) is 0 Å². The van der Waals surface area contributed by atoms with Gasteiger partial charge in [0, 0.05) is 32.5 Å². The molecule has 1 aliphatic rings. The summed E-state index contributed by atoms with van der Waals surface area (Å²) in [7, 11) is 1.71. The molecular formula is C9H17NO2. The molecule has 12 heavy (non-hydrogen) atoms. The summed E-state index contributed by atoms with van der Waals surface area (Å²) in [4.78, 5) is 13.2. The summed E-state index contributed by atoms with van der Waals surface area (Å²) < 4.78 is 5.05. The van der Waals surface area contributed by atoms with Crippen molar-refractivity contribution in [1.29, 1.82) is 0 Å². The molecule has 1 fully saturated rings. The molecule has 1 amide bonds. The molecule has 70 valence electrons. The van der Waals surface area contributed by atoms with Crippen molar-refractivity contribution < 1.29 is 9.53 Å². The van der Waals surface area contributed by atoms with Gasteiger partial charge in [-0.05, 0) is 6.42 Å². The van der Waals surface area contributed by atoms with Crippen LogP contribution in [0.15, 0.2) is 0 Å². The Balaban J connectivity index is 2.30. The van der Waals surface area contributed by atoms with E-state index in [1.165, 1.54) is 0 Å². The highest BCUT2D eigenvalue weighted by molar-refractivity contribution is 5.76. The second kappa shape index (κ2) is 4.45. The van der Waals surface area contributed by atoms with E-state index < -0.39 is 0 Å². The van der Waals surface area contributed by atoms with Crippen LogP contribution < -0.4 is 0 Å². The summed E-state index contributed by atoms with van der Waals surface area (Å²) >= 11 is 0. The Morgan fingerprint density at radius 3 is 3.00 bits per heavy atom. The van der Waals surface area contributed by atoms with Crippen LogP contribution in [-0.4, -0.2) is 37.6 Å². The standard InChI is InChI=1S/C9H17NO2/c1-3-9(11)10-5-4-8(6-10)7-12-2/h8H,3-7H2,1-2H3/t8-/m0/s1. The van der Waals surface area contributed by atoms with Crippen LogP contribution in [0.2, 0.25) is 0 Å². The van der Waals surface area contributed by atoms with Crippen LogP contribution >= 0.6 is 0 Å². The average Bonchev–Trinajstić information content (AvgIpc) is 2.52. The first-order chi connectivity index (χ1) is 5.77. The van der Waals surface area contributed by atoms with Gasteiger partial charge in [0.15, 0.2) is 0 Å². The molecule has 0 aromatic rings. The van der Waals surface area contributed by atoms with Gasteiger partial charge in [-0.2, -0.15) is 0 Å². The Kier molecular flexibility index (Phi) is 3.53. The largest absolute Gasteiger partial charge is 0.384 e. The molecule has 1 saturated heterocycles. The molecule has 3 nitrogen and oxygen atoms in total. The minimum atomic E-state index is 0.272. The summed E-state index contributed by atoms with van der Waals surface area (Å²) in [5.74, 6) is 0.833. The Morgan fingerprint density at radius 1 is 1.67 bits per heavy atom. The van der Waals surface area contributed by atoms with E-state index in [0.717, 1.165) is 26.1 Å². The number of hydrogen-bond acceptors (Lipinski definition) is 2. The van der Waals surface area contributed by atoms with Gasteiger partial charge < -0.3 is 9.64 Å². The SMILES string of the molecule is CCC(=O)N1CC[C@H](COC)C1. The van der Waals surface area contributed by atoms with E-state index in [1.807, 2.05) is 11.8 Å². The Bertz CT molecular complexity index is 159. The normalized spacial score (nSPS) is 23.2. The predicted octanol–water partition coefficient (Wildman–Crippen LogP) is 0.891. The lowest BCUT2D eigenvalue weighted by atomic mass is 10.1. The number of methoxy groups -OCH3 is 1. The fourth-order valence-corrected chi connectivity index (χ4v) is 1.65. The van der Waals surface area contributed by atoms with Crippen molar-refractivity contribution in [2.45, 2.75) is 19.8 Å². The number of amides is 1. The molecule has 1 atom stereocenters. The molecule has 0 N–H and O–H groups in total. The van der Waals surface area contributed by atoms with Crippen molar-refractivity contribution >= 4 is 5.91 Å². The second-order valence-corrected chi connectivity index (χ2v) is 3.30. The molecule has 1 heterocycles. The molecule has 3 heteroatoms. The molecule has 0 saturated carbocycles. The lowest BCUT2D eigenvalue weighted by Crippen LogP contribution is -2.28. The second-order valence-electron chi connectivity index (χ2n) is 3.30. The first-order valence-electron chi connectivity index (χ1n) is 4.54. The first kappa shape index (κ1) is 9.52. The van der Waals surface area contributed by atoms with Crippen LogP contribution in [0.3, 0.4) is 0 Å². The topological polar surface area (TPSA) is 29.5 Å². The van der Waals surface area contributed by atoms with E-state index in [9.17, 15) is 4.79 Å². The predicted molar refractivity (Wildman–Crippen MR) is 46.9 cm³/mol. The highest BCUT2D eigenvalue weighted by Gasteiger charge is 2.24. The fraction of sp³-hybridized carbons (Fsp3) is 0.889. The summed E-state index contributed by atoms with van der Waals surface area (Å²) in [5.41, 5.74) is 0. The van der Waals surface area contributed by atoms with Crippen LogP contribution in [-0.2, 0) is 9.53 Å². The van der Waals surface area contributed by atoms with Gasteiger partial charge in [0.25, 0.3) is 0 Å². The van der Waals surface area contributed by atoms with Crippen molar-refractivity contribution in [3.63, 3.8) is 0 Å². The Morgan fingerprint density at radius 2 is 2.42 bits per heavy atom. The van der Waals surface area contributed by atoms with Crippen molar-refractivity contribution in [3.05, 3.63) is 0 Å². The van der Waals surface area contributed by atoms with E-state index in [4.69, 9.17) is 4.74 Å². The van der Waals surface area contributed by atoms with Gasteiger partial charge >= 0.3 is 0 Å². The molecule has 0 aromatic carbocycles. The van der Waals surface area contributed by atoms with Crippen molar-refractivity contribution in [2.24, 2.45) is 5.92 Å². The van der Waals surface area contributed by atoms with E-state index in [-0.39, 0.29) is 5.91 Å². The molecule has 0 unspecified atom stereocenters. The summed E-state index contributed by atoms with van der Waals surface area (Å²) in [6.07, 6.45) is 1.72. The Hall–Kier alpha value is -0.570. The maximum atomic E-state index is 11.2. The highest BCUT2D eigenvalue weighted by atomic mass is 16.5. The van der Waals surface area contributed by atoms with Crippen LogP contribution in [0.4, 0.5) is 0 Å². The smallest absolute Gasteiger partial charge is 0.222 e. The number of ether oxygens (including phenoxy) is 1. The lowest BCUT2D eigenvalue weighted by Gasteiger charge is -2.14. The van der Waals surface area contributed by atoms with Gasteiger partial charge in [-0.15, -0.1) is 0 Å². The fourth-order valence-electron chi connectivity index (χ4n) is 1.65. The van der Waals surface area contributed by atoms with E-state index in [1.54, 1.807) is 7.11 Å². The number of carbonyl (C=O) groups excluding carboxylic acids is 1. The monoisotopic (exact) mass is 171 g/mol. The molecule has 0 aromatic heterocycles. The third-order valence-electron chi connectivity index (χ3n) is 2.34. The Labute approximate surface area is 73.7 Å². The van der Waals surface area contributed by atoms with Gasteiger partial charge in [0.05, 0.1) is 6.61 Å². The molecule has 0 spiro atoms. The van der Waals surface area contributed by atoms with Gasteiger partial charge in [-0.1, -0.05) is 6.92 Å². The van der Waals surface area contributed by atoms with Crippen molar-refractivity contribution in [2.75, 3.05) is 26.8 Å². The van der Waals surface area contributed by atoms with Crippen LogP contribution in [0, 0.1) is 5.92 Å². The van der Waals surface area contributed by atoms with E-state index in [0.29, 0.717) is 12.3 Å². The van der Waals surface area contributed by atoms with Crippen LogP contribution in [0.25, 0.3) is 0 Å². The van der Waals surface area contributed by atoms with E-state index in [2.05, 4.69) is 0 Å². The summed E-state index contributed by atoms with van der Waals surface area (Å²) in [6, 6.07) is 0. The first-order valence-corrected chi connectivity index (χ1v) is 4.54. The quantitative estimate of drug-likeness (QED) is 0.631. The van der Waals surface area contributed by atoms with E-state index >= 15 is 0 Å². The number of likely N-dealkylation sites (tertiary alicyclic amines) is 1. The number of hydrogen-bond donors (Lipinski definition) is 0. The summed E-state index contributed by atoms with van der Waals surface area (Å²) in [6.45, 7) is 4.50. The molecular weight excluding hydrogens is 154 g/mol. The van der Waals surface area contributed by atoms with Gasteiger partial charge in [-0.25, -0.2) is 0 Å². The van der Waals surface area contributed by atoms with Crippen molar-refractivity contribution in [1.82, 2.24) is 4.90 Å². The summed E-state index contributed by atoms with van der Waals surface area (Å²) in [5, 5.41) is 0. The minimum absolute atomic E-state index is 0.272. The zero-order valence-corrected chi connectivity index (χ0v) is 7.88. The number of nitrogens with zero attached hydrogens (tertiary/aromatic N) is 1. The zero-order valence-electron chi connectivity index (χ0n) is 7.88. The molecule has 0 radical (unpaired) electrons. The minimum Gasteiger partial charge on any atom is -0.384 e. The van der Waals surface area contributed by atoms with Crippen molar-refractivity contribution in [3.8, 4) is 0 Å². The third kappa shape index (κ3) is 2.21. The average molecular weight is 171 g/mol. The maximum absolute atomic E-state index is 11.2. The molecule has 0 aliphatic carbocycles. The third-order valence-corrected chi connectivity index (χ3v) is 2.34. The van der Waals surface area contributed by atoms with Crippen LogP contribution in [0.1, 0.15) is 19.8 Å². The maximum Gasteiger partial charge on any atom is 0.222 e. The highest BCUT2D eigenvalue weighted by Crippen LogP contribution is 2.16. The molecule has 1 aliphatic heterocycles. The zero-order chi connectivity index (χ0) is 8.97. The number of rotatable bonds is 3. The molecule has 0 bridgehead atoms. The number of carbonyl (C=O) groups is 1. The van der Waals surface area contributed by atoms with Crippen LogP contribution in [0.5, 0.6) is 0 Å². The molecule has 1 rings (SSSR count). The lowest BCUT2D eigenvalue weighted by molar-refractivity contribution is -0.129. The van der Waals surface area contributed by atoms with Gasteiger partial charge in [0.2, 0.25) is 5.91 Å².